The predicted octanol–water partition coefficient (Wildman–Crippen LogP) is 2.65. The van der Waals surface area contributed by atoms with Crippen molar-refractivity contribution in [3.05, 3.63) is 41.4 Å². The number of likely N-dealkylation sites (N-methyl/N-ethyl adjacent to an activating group) is 1. The summed E-state index contributed by atoms with van der Waals surface area (Å²) in [6, 6.07) is 11.4. The molecule has 22 heavy (non-hydrogen) atoms. The highest BCUT2D eigenvalue weighted by Crippen LogP contribution is 2.31. The van der Waals surface area contributed by atoms with Crippen molar-refractivity contribution in [3.63, 3.8) is 0 Å². The molecule has 5 heteroatoms. The average Bonchev–Trinajstić information content (AvgIpc) is 2.55. The Morgan fingerprint density at radius 2 is 1.77 bits per heavy atom. The summed E-state index contributed by atoms with van der Waals surface area (Å²) in [6.45, 7) is 3.42. The molecule has 1 fully saturated rings. The van der Waals surface area contributed by atoms with Crippen molar-refractivity contribution in [2.75, 3.05) is 39.8 Å². The summed E-state index contributed by atoms with van der Waals surface area (Å²) < 4.78 is 5.75. The highest BCUT2D eigenvalue weighted by atomic mass is 35.5. The molecule has 3 rings (SSSR count). The van der Waals surface area contributed by atoms with E-state index in [-0.39, 0.29) is 12.5 Å². The number of fused-ring (bicyclic) bond motifs is 1. The van der Waals surface area contributed by atoms with Crippen LogP contribution in [0.2, 0.25) is 5.02 Å². The van der Waals surface area contributed by atoms with Gasteiger partial charge in [-0.1, -0.05) is 35.9 Å². The number of ether oxygens (including phenoxy) is 1. The van der Waals surface area contributed by atoms with Crippen molar-refractivity contribution in [3.8, 4) is 5.75 Å². The van der Waals surface area contributed by atoms with E-state index in [1.165, 1.54) is 0 Å². The van der Waals surface area contributed by atoms with Gasteiger partial charge in [0, 0.05) is 42.0 Å². The first-order chi connectivity index (χ1) is 10.6. The molecule has 4 nitrogen and oxygen atoms in total. The van der Waals surface area contributed by atoms with Gasteiger partial charge in [0.1, 0.15) is 5.75 Å². The molecule has 0 spiro atoms. The lowest BCUT2D eigenvalue weighted by Crippen LogP contribution is -2.48. The molecule has 2 aromatic carbocycles. The van der Waals surface area contributed by atoms with E-state index in [4.69, 9.17) is 16.3 Å². The van der Waals surface area contributed by atoms with Crippen LogP contribution in [0.15, 0.2) is 36.4 Å². The molecule has 0 N–H and O–H groups in total. The number of carbonyl (C=O) groups excluding carboxylic acids is 1. The fraction of sp³-hybridized carbons (Fsp3) is 0.353. The Kier molecular flexibility index (Phi) is 4.50. The zero-order valence-electron chi connectivity index (χ0n) is 12.6. The standard InChI is InChI=1S/C17H19ClN2O2/c1-19-8-10-20(11-9-19)17(21)12-22-16-7-6-15(18)13-4-2-3-5-14(13)16/h2-7H,8-12H2,1H3. The summed E-state index contributed by atoms with van der Waals surface area (Å²) in [5.41, 5.74) is 0. The fourth-order valence-electron chi connectivity index (χ4n) is 2.65. The molecule has 0 aromatic heterocycles. The van der Waals surface area contributed by atoms with E-state index in [9.17, 15) is 4.79 Å². The van der Waals surface area contributed by atoms with Crippen LogP contribution in [0.5, 0.6) is 5.75 Å². The van der Waals surface area contributed by atoms with Gasteiger partial charge < -0.3 is 14.5 Å². The predicted molar refractivity (Wildman–Crippen MR) is 88.5 cm³/mol. The van der Waals surface area contributed by atoms with Crippen LogP contribution in [0.3, 0.4) is 0 Å². The number of carbonyl (C=O) groups is 1. The highest BCUT2D eigenvalue weighted by Gasteiger charge is 2.19. The average molecular weight is 319 g/mol. The van der Waals surface area contributed by atoms with Gasteiger partial charge in [0.25, 0.3) is 5.91 Å². The number of amides is 1. The third kappa shape index (κ3) is 3.18. The van der Waals surface area contributed by atoms with Crippen molar-refractivity contribution >= 4 is 28.3 Å². The van der Waals surface area contributed by atoms with Gasteiger partial charge in [0.2, 0.25) is 0 Å². The van der Waals surface area contributed by atoms with E-state index in [0.717, 1.165) is 37.0 Å². The third-order valence-electron chi connectivity index (χ3n) is 4.04. The molecule has 0 aliphatic carbocycles. The summed E-state index contributed by atoms with van der Waals surface area (Å²) in [5.74, 6) is 0.731. The van der Waals surface area contributed by atoms with Gasteiger partial charge in [-0.3, -0.25) is 4.79 Å². The van der Waals surface area contributed by atoms with E-state index in [2.05, 4.69) is 11.9 Å². The topological polar surface area (TPSA) is 32.8 Å². The molecular formula is C17H19ClN2O2. The molecule has 2 aromatic rings. The number of benzene rings is 2. The monoisotopic (exact) mass is 318 g/mol. The maximum absolute atomic E-state index is 12.2. The molecule has 1 aliphatic rings. The second-order valence-corrected chi connectivity index (χ2v) is 5.97. The zero-order chi connectivity index (χ0) is 15.5. The molecule has 0 unspecified atom stereocenters. The van der Waals surface area contributed by atoms with Crippen LogP contribution in [-0.4, -0.2) is 55.5 Å². The largest absolute Gasteiger partial charge is 0.483 e. The highest BCUT2D eigenvalue weighted by molar-refractivity contribution is 6.35. The van der Waals surface area contributed by atoms with Crippen molar-refractivity contribution < 1.29 is 9.53 Å². The van der Waals surface area contributed by atoms with Crippen molar-refractivity contribution in [1.82, 2.24) is 9.80 Å². The van der Waals surface area contributed by atoms with Crippen LogP contribution in [0.25, 0.3) is 10.8 Å². The van der Waals surface area contributed by atoms with Crippen LogP contribution >= 0.6 is 11.6 Å². The lowest BCUT2D eigenvalue weighted by molar-refractivity contribution is -0.134. The normalized spacial score (nSPS) is 16.0. The number of hydrogen-bond donors (Lipinski definition) is 0. The Bertz CT molecular complexity index is 681. The number of halogens is 1. The Morgan fingerprint density at radius 3 is 2.50 bits per heavy atom. The Labute approximate surface area is 135 Å². The first-order valence-electron chi connectivity index (χ1n) is 7.41. The second-order valence-electron chi connectivity index (χ2n) is 5.56. The van der Waals surface area contributed by atoms with E-state index in [0.29, 0.717) is 10.8 Å². The molecule has 0 atom stereocenters. The SMILES string of the molecule is CN1CCN(C(=O)COc2ccc(Cl)c3ccccc23)CC1. The van der Waals surface area contributed by atoms with Crippen LogP contribution in [0.1, 0.15) is 0 Å². The Morgan fingerprint density at radius 1 is 1.09 bits per heavy atom. The summed E-state index contributed by atoms with van der Waals surface area (Å²) in [6.07, 6.45) is 0. The molecule has 0 radical (unpaired) electrons. The molecule has 1 heterocycles. The van der Waals surface area contributed by atoms with Gasteiger partial charge in [0.05, 0.1) is 0 Å². The quantitative estimate of drug-likeness (QED) is 0.872. The molecule has 1 aliphatic heterocycles. The lowest BCUT2D eigenvalue weighted by Gasteiger charge is -2.32. The van der Waals surface area contributed by atoms with E-state index >= 15 is 0 Å². The van der Waals surface area contributed by atoms with Gasteiger partial charge in [-0.2, -0.15) is 0 Å². The Hall–Kier alpha value is -1.78. The molecule has 0 saturated carbocycles. The van der Waals surface area contributed by atoms with E-state index in [1.807, 2.05) is 35.2 Å². The maximum atomic E-state index is 12.2. The van der Waals surface area contributed by atoms with Gasteiger partial charge in [-0.15, -0.1) is 0 Å². The lowest BCUT2D eigenvalue weighted by atomic mass is 10.1. The zero-order valence-corrected chi connectivity index (χ0v) is 13.3. The van der Waals surface area contributed by atoms with Crippen LogP contribution in [0, 0.1) is 0 Å². The minimum Gasteiger partial charge on any atom is -0.483 e. The molecule has 1 amide bonds. The third-order valence-corrected chi connectivity index (χ3v) is 4.37. The summed E-state index contributed by atoms with van der Waals surface area (Å²) >= 11 is 6.19. The number of piperazine rings is 1. The van der Waals surface area contributed by atoms with Crippen LogP contribution < -0.4 is 4.74 Å². The van der Waals surface area contributed by atoms with Gasteiger partial charge in [-0.05, 0) is 19.2 Å². The van der Waals surface area contributed by atoms with Crippen molar-refractivity contribution in [2.45, 2.75) is 0 Å². The maximum Gasteiger partial charge on any atom is 0.260 e. The molecular weight excluding hydrogens is 300 g/mol. The minimum atomic E-state index is 0.0344. The molecule has 1 saturated heterocycles. The summed E-state index contributed by atoms with van der Waals surface area (Å²) in [4.78, 5) is 16.3. The Balaban J connectivity index is 1.69. The van der Waals surface area contributed by atoms with Gasteiger partial charge in [-0.25, -0.2) is 0 Å². The van der Waals surface area contributed by atoms with Gasteiger partial charge >= 0.3 is 0 Å². The number of hydrogen-bond acceptors (Lipinski definition) is 3. The molecule has 0 bridgehead atoms. The van der Waals surface area contributed by atoms with Crippen LogP contribution in [-0.2, 0) is 4.79 Å². The van der Waals surface area contributed by atoms with Crippen molar-refractivity contribution in [2.24, 2.45) is 0 Å². The first kappa shape index (κ1) is 15.1. The fourth-order valence-corrected chi connectivity index (χ4v) is 2.87. The molecule has 116 valence electrons. The minimum absolute atomic E-state index is 0.0344. The second kappa shape index (κ2) is 6.55. The summed E-state index contributed by atoms with van der Waals surface area (Å²) in [7, 11) is 2.07. The summed E-state index contributed by atoms with van der Waals surface area (Å²) in [5, 5.41) is 2.56. The van der Waals surface area contributed by atoms with Gasteiger partial charge in [0.15, 0.2) is 6.61 Å². The smallest absolute Gasteiger partial charge is 0.260 e. The van der Waals surface area contributed by atoms with Crippen molar-refractivity contribution in [1.29, 1.82) is 0 Å². The number of nitrogens with zero attached hydrogens (tertiary/aromatic N) is 2. The number of rotatable bonds is 3. The van der Waals surface area contributed by atoms with E-state index < -0.39 is 0 Å². The first-order valence-corrected chi connectivity index (χ1v) is 7.79. The van der Waals surface area contributed by atoms with E-state index in [1.54, 1.807) is 6.07 Å². The van der Waals surface area contributed by atoms with Crippen LogP contribution in [0.4, 0.5) is 0 Å².